The number of ether oxygens (including phenoxy) is 1. The normalized spacial score (nSPS) is 20.8. The van der Waals surface area contributed by atoms with Crippen molar-refractivity contribution in [2.45, 2.75) is 31.8 Å². The van der Waals surface area contributed by atoms with Crippen molar-refractivity contribution in [1.82, 2.24) is 25.2 Å². The molecule has 2 aliphatic rings. The average Bonchev–Trinajstić information content (AvgIpc) is 3.29. The van der Waals surface area contributed by atoms with Crippen LogP contribution in [0.15, 0.2) is 24.4 Å². The number of aromatic nitrogens is 3. The highest BCUT2D eigenvalue weighted by Gasteiger charge is 2.29. The van der Waals surface area contributed by atoms with Crippen LogP contribution in [0.1, 0.15) is 28.9 Å². The predicted octanol–water partition coefficient (Wildman–Crippen LogP) is 0.773. The molecular formula is C18H20FN5O3. The van der Waals surface area contributed by atoms with Crippen molar-refractivity contribution in [2.75, 3.05) is 19.7 Å². The Morgan fingerprint density at radius 1 is 1.22 bits per heavy atom. The number of aryl methyl sites for hydroxylation is 1. The van der Waals surface area contributed by atoms with Gasteiger partial charge in [0.15, 0.2) is 0 Å². The Hall–Kier alpha value is -2.97. The topological polar surface area (TPSA) is 89.4 Å². The number of halogens is 1. The van der Waals surface area contributed by atoms with Crippen LogP contribution < -0.4 is 10.1 Å². The summed E-state index contributed by atoms with van der Waals surface area (Å²) < 4.78 is 21.1. The summed E-state index contributed by atoms with van der Waals surface area (Å²) in [6.45, 7) is 1.59. The molecule has 1 saturated heterocycles. The van der Waals surface area contributed by atoms with Gasteiger partial charge < -0.3 is 15.0 Å². The summed E-state index contributed by atoms with van der Waals surface area (Å²) in [5, 5.41) is 11.0. The van der Waals surface area contributed by atoms with Crippen molar-refractivity contribution in [2.24, 2.45) is 0 Å². The third-order valence-corrected chi connectivity index (χ3v) is 4.78. The van der Waals surface area contributed by atoms with Crippen LogP contribution in [0.2, 0.25) is 0 Å². The number of carbonyl (C=O) groups is 2. The number of hydrogen-bond donors (Lipinski definition) is 1. The highest BCUT2D eigenvalue weighted by molar-refractivity contribution is 5.97. The fourth-order valence-electron chi connectivity index (χ4n) is 3.38. The first kappa shape index (κ1) is 17.4. The van der Waals surface area contributed by atoms with Gasteiger partial charge in [0.25, 0.3) is 5.91 Å². The first-order chi connectivity index (χ1) is 13.1. The molecule has 0 aliphatic carbocycles. The number of rotatable bonds is 0. The maximum atomic E-state index is 13.7. The summed E-state index contributed by atoms with van der Waals surface area (Å²) in [5.41, 5.74) is 0.927. The van der Waals surface area contributed by atoms with Gasteiger partial charge in [0, 0.05) is 38.2 Å². The van der Waals surface area contributed by atoms with Crippen molar-refractivity contribution >= 4 is 11.8 Å². The Morgan fingerprint density at radius 3 is 3.00 bits per heavy atom. The van der Waals surface area contributed by atoms with Crippen LogP contribution in [-0.4, -0.2) is 57.4 Å². The van der Waals surface area contributed by atoms with Gasteiger partial charge in [-0.2, -0.15) is 0 Å². The molecular weight excluding hydrogens is 353 g/mol. The van der Waals surface area contributed by atoms with E-state index in [0.717, 1.165) is 5.69 Å². The smallest absolute Gasteiger partial charge is 0.257 e. The van der Waals surface area contributed by atoms with Gasteiger partial charge in [-0.3, -0.25) is 9.59 Å². The summed E-state index contributed by atoms with van der Waals surface area (Å²) in [6, 6.07) is 3.82. The third kappa shape index (κ3) is 3.91. The zero-order valence-corrected chi connectivity index (χ0v) is 14.7. The molecule has 1 aromatic carbocycles. The summed E-state index contributed by atoms with van der Waals surface area (Å²) >= 11 is 0. The van der Waals surface area contributed by atoms with Crippen LogP contribution in [0.4, 0.5) is 4.39 Å². The molecule has 1 N–H and O–H groups in total. The molecule has 4 rings (SSSR count). The van der Waals surface area contributed by atoms with E-state index in [2.05, 4.69) is 15.6 Å². The minimum Gasteiger partial charge on any atom is -0.491 e. The molecule has 3 heterocycles. The summed E-state index contributed by atoms with van der Waals surface area (Å²) in [5.74, 6) is -0.534. The number of benzene rings is 1. The van der Waals surface area contributed by atoms with E-state index in [0.29, 0.717) is 44.6 Å². The van der Waals surface area contributed by atoms with E-state index >= 15 is 0 Å². The molecule has 1 aromatic heterocycles. The van der Waals surface area contributed by atoms with Crippen LogP contribution in [0.3, 0.4) is 0 Å². The Balaban J connectivity index is 1.61. The number of fused-ring (bicyclic) bond motifs is 5. The largest absolute Gasteiger partial charge is 0.491 e. The molecule has 1 fully saturated rings. The number of carbonyl (C=O) groups excluding carboxylic acids is 2. The second kappa shape index (κ2) is 7.34. The Kier molecular flexibility index (Phi) is 4.74. The van der Waals surface area contributed by atoms with Gasteiger partial charge in [0.05, 0.1) is 17.8 Å². The van der Waals surface area contributed by atoms with E-state index in [1.54, 1.807) is 15.8 Å². The third-order valence-electron chi connectivity index (χ3n) is 4.78. The Labute approximate surface area is 155 Å². The molecule has 9 heteroatoms. The molecule has 142 valence electrons. The van der Waals surface area contributed by atoms with Crippen LogP contribution in [-0.2, 0) is 17.8 Å². The highest BCUT2D eigenvalue weighted by Crippen LogP contribution is 2.24. The lowest BCUT2D eigenvalue weighted by atomic mass is 10.1. The van der Waals surface area contributed by atoms with Gasteiger partial charge in [-0.15, -0.1) is 5.10 Å². The van der Waals surface area contributed by atoms with E-state index in [1.165, 1.54) is 18.2 Å². The standard InChI is InChI=1S/C18H20FN5O3/c19-12-1-3-16-15(9-12)18(26)23-6-5-13(10-23)20-17(25)4-2-14-11-24(22-21-14)7-8-27-16/h1,3,9,11,13H,2,4-8,10H2,(H,20,25). The molecule has 0 spiro atoms. The minimum atomic E-state index is -0.495. The first-order valence-electron chi connectivity index (χ1n) is 8.98. The molecule has 2 aliphatic heterocycles. The predicted molar refractivity (Wildman–Crippen MR) is 92.7 cm³/mol. The number of nitrogens with zero attached hydrogens (tertiary/aromatic N) is 4. The van der Waals surface area contributed by atoms with Gasteiger partial charge in [-0.1, -0.05) is 5.21 Å². The van der Waals surface area contributed by atoms with E-state index < -0.39 is 5.82 Å². The zero-order valence-electron chi connectivity index (χ0n) is 14.7. The van der Waals surface area contributed by atoms with E-state index in [4.69, 9.17) is 4.74 Å². The van der Waals surface area contributed by atoms with Crippen molar-refractivity contribution in [3.63, 3.8) is 0 Å². The lowest BCUT2D eigenvalue weighted by Crippen LogP contribution is -2.38. The average molecular weight is 373 g/mol. The first-order valence-corrected chi connectivity index (χ1v) is 8.98. The van der Waals surface area contributed by atoms with Crippen LogP contribution in [0.5, 0.6) is 5.75 Å². The number of hydrogen-bond acceptors (Lipinski definition) is 5. The molecule has 1 atom stereocenters. The van der Waals surface area contributed by atoms with Gasteiger partial charge in [0.1, 0.15) is 18.2 Å². The van der Waals surface area contributed by atoms with E-state index in [9.17, 15) is 14.0 Å². The number of nitrogens with one attached hydrogen (secondary N) is 1. The molecule has 2 aromatic rings. The number of amides is 2. The lowest BCUT2D eigenvalue weighted by molar-refractivity contribution is -0.121. The van der Waals surface area contributed by atoms with Crippen LogP contribution in [0.25, 0.3) is 0 Å². The molecule has 0 radical (unpaired) electrons. The molecule has 0 saturated carbocycles. The summed E-state index contributed by atoms with van der Waals surface area (Å²) in [7, 11) is 0. The highest BCUT2D eigenvalue weighted by atomic mass is 19.1. The van der Waals surface area contributed by atoms with E-state index in [1.807, 2.05) is 0 Å². The van der Waals surface area contributed by atoms with Crippen LogP contribution in [0, 0.1) is 5.82 Å². The second-order valence-corrected chi connectivity index (χ2v) is 6.77. The maximum Gasteiger partial charge on any atom is 0.257 e. The molecule has 1 unspecified atom stereocenters. The van der Waals surface area contributed by atoms with Crippen LogP contribution >= 0.6 is 0 Å². The fraction of sp³-hybridized carbons (Fsp3) is 0.444. The van der Waals surface area contributed by atoms with Gasteiger partial charge in [-0.25, -0.2) is 9.07 Å². The molecule has 8 nitrogen and oxygen atoms in total. The van der Waals surface area contributed by atoms with Crippen molar-refractivity contribution in [3.8, 4) is 5.75 Å². The summed E-state index contributed by atoms with van der Waals surface area (Å²) in [6.07, 6.45) is 3.26. The monoisotopic (exact) mass is 373 g/mol. The molecule has 2 amide bonds. The lowest BCUT2D eigenvalue weighted by Gasteiger charge is -2.19. The minimum absolute atomic E-state index is 0.0780. The second-order valence-electron chi connectivity index (χ2n) is 6.77. The van der Waals surface area contributed by atoms with Crippen molar-refractivity contribution in [3.05, 3.63) is 41.5 Å². The SMILES string of the molecule is O=C1CCc2cn(nn2)CCOc2ccc(F)cc2C(=O)N2CCC(C2)N1. The molecule has 27 heavy (non-hydrogen) atoms. The summed E-state index contributed by atoms with van der Waals surface area (Å²) in [4.78, 5) is 26.7. The van der Waals surface area contributed by atoms with Crippen molar-refractivity contribution < 1.29 is 18.7 Å². The zero-order chi connectivity index (χ0) is 18.8. The Morgan fingerprint density at radius 2 is 2.11 bits per heavy atom. The maximum absolute atomic E-state index is 13.7. The van der Waals surface area contributed by atoms with Gasteiger partial charge in [-0.05, 0) is 24.6 Å². The fourth-order valence-corrected chi connectivity index (χ4v) is 3.38. The quantitative estimate of drug-likeness (QED) is 0.737. The van der Waals surface area contributed by atoms with E-state index in [-0.39, 0.29) is 30.0 Å². The Bertz CT molecular complexity index is 868. The molecule has 4 bridgehead atoms. The van der Waals surface area contributed by atoms with Crippen molar-refractivity contribution in [1.29, 1.82) is 0 Å². The van der Waals surface area contributed by atoms with Gasteiger partial charge in [0.2, 0.25) is 5.91 Å². The van der Waals surface area contributed by atoms with Gasteiger partial charge >= 0.3 is 0 Å².